The average Bonchev–Trinajstić information content (AvgIpc) is 3.36. The number of nitrogens with one attached hydrogen (secondary N) is 1. The molecule has 1 aliphatic heterocycles. The number of ether oxygens (including phenoxy) is 1. The zero-order valence-electron chi connectivity index (χ0n) is 19.0. The Bertz CT molecular complexity index is 1420. The third-order valence-corrected chi connectivity index (χ3v) is 9.89. The van der Waals surface area contributed by atoms with Crippen molar-refractivity contribution < 1.29 is 27.9 Å². The third-order valence-electron chi connectivity index (χ3n) is 6.50. The smallest absolute Gasteiger partial charge is 0.325 e. The van der Waals surface area contributed by atoms with Gasteiger partial charge in [0.2, 0.25) is 0 Å². The molecular weight excluding hydrogens is 524 g/mol. The van der Waals surface area contributed by atoms with E-state index in [2.05, 4.69) is 4.72 Å². The van der Waals surface area contributed by atoms with Gasteiger partial charge in [-0.05, 0) is 47.9 Å². The van der Waals surface area contributed by atoms with E-state index in [9.17, 15) is 23.1 Å². The van der Waals surface area contributed by atoms with Crippen LogP contribution >= 0.6 is 22.9 Å². The highest BCUT2D eigenvalue weighted by Crippen LogP contribution is 2.53. The summed E-state index contributed by atoms with van der Waals surface area (Å²) in [6.45, 7) is 1.77. The van der Waals surface area contributed by atoms with Crippen molar-refractivity contribution >= 4 is 44.8 Å². The number of carboxylic acids is 1. The zero-order valence-corrected chi connectivity index (χ0v) is 21.4. The number of carbonyl (C=O) groups excluding carboxylic acids is 1. The molecule has 188 valence electrons. The number of halogens is 1. The zero-order chi connectivity index (χ0) is 25.5. The lowest BCUT2D eigenvalue weighted by atomic mass is 9.99. The molecule has 5 rings (SSSR count). The van der Waals surface area contributed by atoms with E-state index in [0.29, 0.717) is 47.3 Å². The van der Waals surface area contributed by atoms with Crippen LogP contribution < -0.4 is 4.72 Å². The molecule has 0 radical (unpaired) electrons. The summed E-state index contributed by atoms with van der Waals surface area (Å²) in [4.78, 5) is 27.9. The number of hydrogen-bond donors (Lipinski definition) is 2. The second-order valence-corrected chi connectivity index (χ2v) is 12.2. The Balaban J connectivity index is 1.41. The molecule has 1 amide bonds. The summed E-state index contributed by atoms with van der Waals surface area (Å²) < 4.78 is 34.3. The topological polar surface area (TPSA) is 113 Å². The highest BCUT2D eigenvalue weighted by Gasteiger charge is 2.64. The van der Waals surface area contributed by atoms with Crippen molar-refractivity contribution in [2.45, 2.75) is 22.1 Å². The third kappa shape index (κ3) is 4.67. The van der Waals surface area contributed by atoms with Gasteiger partial charge in [-0.15, -0.1) is 11.3 Å². The molecule has 11 heteroatoms. The van der Waals surface area contributed by atoms with E-state index in [4.69, 9.17) is 16.3 Å². The molecule has 1 aliphatic carbocycles. The molecule has 36 heavy (non-hydrogen) atoms. The molecule has 3 aromatic rings. The van der Waals surface area contributed by atoms with Crippen LogP contribution in [-0.4, -0.2) is 62.1 Å². The van der Waals surface area contributed by atoms with Crippen LogP contribution in [0, 0.1) is 0 Å². The molecule has 2 atom stereocenters. The Labute approximate surface area is 217 Å². The molecule has 8 nitrogen and oxygen atoms in total. The van der Waals surface area contributed by atoms with Crippen LogP contribution in [0.4, 0.5) is 0 Å². The molecule has 1 aromatic heterocycles. The van der Waals surface area contributed by atoms with Gasteiger partial charge >= 0.3 is 5.97 Å². The number of rotatable bonds is 7. The molecule has 1 unspecified atom stereocenters. The van der Waals surface area contributed by atoms with Gasteiger partial charge in [-0.3, -0.25) is 9.59 Å². The monoisotopic (exact) mass is 546 g/mol. The van der Waals surface area contributed by atoms with Crippen LogP contribution in [0.3, 0.4) is 0 Å². The number of benzene rings is 2. The van der Waals surface area contributed by atoms with Crippen molar-refractivity contribution in [1.82, 2.24) is 9.62 Å². The number of carboxylic acid groups (broad SMARTS) is 1. The van der Waals surface area contributed by atoms with Gasteiger partial charge in [0.05, 0.1) is 13.2 Å². The van der Waals surface area contributed by atoms with Crippen molar-refractivity contribution in [2.24, 2.45) is 0 Å². The fraction of sp³-hybridized carbons (Fsp3) is 0.280. The first-order chi connectivity index (χ1) is 17.2. The molecule has 2 N–H and O–H groups in total. The van der Waals surface area contributed by atoms with Crippen LogP contribution in [0.5, 0.6) is 0 Å². The van der Waals surface area contributed by atoms with Crippen molar-refractivity contribution in [3.05, 3.63) is 76.8 Å². The molecule has 1 saturated carbocycles. The Kier molecular flexibility index (Phi) is 6.65. The van der Waals surface area contributed by atoms with Crippen LogP contribution in [0.1, 0.15) is 28.3 Å². The summed E-state index contributed by atoms with van der Waals surface area (Å²) in [6, 6.07) is 16.9. The van der Waals surface area contributed by atoms with E-state index >= 15 is 0 Å². The minimum atomic E-state index is -4.14. The number of carbonyl (C=O) groups is 2. The number of hydrogen-bond acceptors (Lipinski definition) is 6. The lowest BCUT2D eigenvalue weighted by Crippen LogP contribution is -2.44. The first-order valence-electron chi connectivity index (χ1n) is 11.3. The molecular formula is C25H23ClN2O6S2. The van der Waals surface area contributed by atoms with Gasteiger partial charge in [0, 0.05) is 34.5 Å². The highest BCUT2D eigenvalue weighted by molar-refractivity contribution is 7.91. The minimum absolute atomic E-state index is 0.0106. The summed E-state index contributed by atoms with van der Waals surface area (Å²) >= 11 is 6.98. The lowest BCUT2D eigenvalue weighted by molar-refractivity contribution is -0.140. The summed E-state index contributed by atoms with van der Waals surface area (Å²) in [5.41, 5.74) is -0.0244. The van der Waals surface area contributed by atoms with Crippen LogP contribution in [0.15, 0.2) is 64.9 Å². The number of amides is 1. The van der Waals surface area contributed by atoms with E-state index in [0.717, 1.165) is 16.9 Å². The second kappa shape index (κ2) is 9.60. The molecule has 0 bridgehead atoms. The maximum atomic E-state index is 13.3. The van der Waals surface area contributed by atoms with Crippen molar-refractivity contribution in [2.75, 3.05) is 26.3 Å². The van der Waals surface area contributed by atoms with E-state index in [1.54, 1.807) is 59.5 Å². The van der Waals surface area contributed by atoms with Gasteiger partial charge in [0.1, 0.15) is 9.75 Å². The summed E-state index contributed by atoms with van der Waals surface area (Å²) in [5, 5.41) is 10.7. The van der Waals surface area contributed by atoms with Gasteiger partial charge in [0.15, 0.2) is 0 Å². The molecule has 2 heterocycles. The SMILES string of the molecule is O=C(c1ccccc1[C@@H]1CC1(NS(=O)(=O)c1ccc(-c2ccc(Cl)cc2)s1)C(=O)O)N1CCOCC1. The number of aliphatic carboxylic acids is 1. The fourth-order valence-corrected chi connectivity index (χ4v) is 7.33. The predicted molar refractivity (Wildman–Crippen MR) is 136 cm³/mol. The molecule has 1 saturated heterocycles. The van der Waals surface area contributed by atoms with Crippen molar-refractivity contribution in [3.8, 4) is 10.4 Å². The molecule has 2 fully saturated rings. The van der Waals surface area contributed by atoms with E-state index in [1.807, 2.05) is 0 Å². The highest BCUT2D eigenvalue weighted by atomic mass is 35.5. The summed E-state index contributed by atoms with van der Waals surface area (Å²) in [5.74, 6) is -2.17. The minimum Gasteiger partial charge on any atom is -0.480 e. The van der Waals surface area contributed by atoms with Gasteiger partial charge in [-0.25, -0.2) is 8.42 Å². The Hall–Kier alpha value is -2.76. The summed E-state index contributed by atoms with van der Waals surface area (Å²) in [7, 11) is -4.14. The maximum absolute atomic E-state index is 13.3. The normalized spacial score (nSPS) is 21.8. The standard InChI is InChI=1S/C25H23ClN2O6S2/c26-17-7-5-16(6-8-17)21-9-10-22(35-21)36(32,33)27-25(24(30)31)15-20(25)18-3-1-2-4-19(18)23(29)28-11-13-34-14-12-28/h1-10,20,27H,11-15H2,(H,30,31)/t20-,25?/m0/s1. The van der Waals surface area contributed by atoms with Gasteiger partial charge < -0.3 is 14.7 Å². The van der Waals surface area contributed by atoms with Crippen molar-refractivity contribution in [3.63, 3.8) is 0 Å². The number of sulfonamides is 1. The van der Waals surface area contributed by atoms with Crippen LogP contribution in [0.25, 0.3) is 10.4 Å². The number of nitrogens with zero attached hydrogens (tertiary/aromatic N) is 1. The Morgan fingerprint density at radius 1 is 1.06 bits per heavy atom. The van der Waals surface area contributed by atoms with Crippen LogP contribution in [0.2, 0.25) is 5.02 Å². The number of thiophene rings is 1. The summed E-state index contributed by atoms with van der Waals surface area (Å²) in [6.07, 6.45) is 0.0460. The Morgan fingerprint density at radius 2 is 1.75 bits per heavy atom. The largest absolute Gasteiger partial charge is 0.480 e. The molecule has 2 aromatic carbocycles. The first-order valence-corrected chi connectivity index (χ1v) is 14.0. The fourth-order valence-electron chi connectivity index (χ4n) is 4.49. The Morgan fingerprint density at radius 3 is 2.44 bits per heavy atom. The molecule has 0 spiro atoms. The lowest BCUT2D eigenvalue weighted by Gasteiger charge is -2.27. The van der Waals surface area contributed by atoms with E-state index < -0.39 is 27.4 Å². The van der Waals surface area contributed by atoms with Gasteiger partial charge in [-0.1, -0.05) is 41.9 Å². The molecule has 2 aliphatic rings. The average molecular weight is 547 g/mol. The maximum Gasteiger partial charge on any atom is 0.325 e. The van der Waals surface area contributed by atoms with Gasteiger partial charge in [0.25, 0.3) is 15.9 Å². The van der Waals surface area contributed by atoms with Crippen molar-refractivity contribution in [1.29, 1.82) is 0 Å². The van der Waals surface area contributed by atoms with E-state index in [-0.39, 0.29) is 16.5 Å². The number of morpholine rings is 1. The first kappa shape index (κ1) is 24.9. The van der Waals surface area contributed by atoms with Gasteiger partial charge in [-0.2, -0.15) is 4.72 Å². The van der Waals surface area contributed by atoms with Crippen LogP contribution in [-0.2, 0) is 19.6 Å². The predicted octanol–water partition coefficient (Wildman–Crippen LogP) is 3.83. The quantitative estimate of drug-likeness (QED) is 0.466. The second-order valence-electron chi connectivity index (χ2n) is 8.76. The van der Waals surface area contributed by atoms with E-state index in [1.165, 1.54) is 6.07 Å².